The lowest BCUT2D eigenvalue weighted by molar-refractivity contribution is 0.0680. The molecule has 6 nitrogen and oxygen atoms in total. The number of aromatic nitrogens is 1. The molecule has 0 fully saturated rings. The van der Waals surface area contributed by atoms with E-state index in [1.54, 1.807) is 12.1 Å². The maximum Gasteiger partial charge on any atom is 0.274 e. The topological polar surface area (TPSA) is 82.8 Å². The molecule has 3 rings (SSSR count). The molecule has 2 heterocycles. The second-order valence-corrected chi connectivity index (χ2v) is 5.07. The Hall–Kier alpha value is -2.83. The molecule has 7 heteroatoms. The van der Waals surface area contributed by atoms with Crippen LogP contribution < -0.4 is 5.56 Å². The van der Waals surface area contributed by atoms with E-state index in [0.29, 0.717) is 0 Å². The van der Waals surface area contributed by atoms with E-state index in [2.05, 4.69) is 0 Å². The predicted molar refractivity (Wildman–Crippen MR) is 75.2 cm³/mol. The summed E-state index contributed by atoms with van der Waals surface area (Å²) < 4.78 is 14.0. The van der Waals surface area contributed by atoms with Gasteiger partial charge in [-0.05, 0) is 17.7 Å². The first-order chi connectivity index (χ1) is 10.5. The Morgan fingerprint density at radius 1 is 1.09 bits per heavy atom. The number of carbonyl (C=O) groups excluding carboxylic acids is 1. The Morgan fingerprint density at radius 2 is 1.77 bits per heavy atom. The SMILES string of the molecule is O=C1c2c(O)c(O)cc(=O)n2CCN1Cc1ccc(F)cc1. The molecule has 22 heavy (non-hydrogen) atoms. The number of fused-ring (bicyclic) bond motifs is 1. The number of benzene rings is 1. The quantitative estimate of drug-likeness (QED) is 0.869. The Morgan fingerprint density at radius 3 is 2.45 bits per heavy atom. The number of hydrogen-bond acceptors (Lipinski definition) is 4. The van der Waals surface area contributed by atoms with Gasteiger partial charge in [0.15, 0.2) is 17.2 Å². The van der Waals surface area contributed by atoms with Gasteiger partial charge in [0.05, 0.1) is 0 Å². The van der Waals surface area contributed by atoms with Crippen LogP contribution in [0.4, 0.5) is 4.39 Å². The minimum atomic E-state index is -0.617. The van der Waals surface area contributed by atoms with Gasteiger partial charge in [-0.25, -0.2) is 4.39 Å². The Balaban J connectivity index is 1.94. The first-order valence-corrected chi connectivity index (χ1v) is 6.67. The van der Waals surface area contributed by atoms with Crippen molar-refractivity contribution in [1.29, 1.82) is 0 Å². The molecule has 1 aliphatic rings. The molecule has 2 N–H and O–H groups in total. The lowest BCUT2D eigenvalue weighted by atomic mass is 10.1. The van der Waals surface area contributed by atoms with Crippen molar-refractivity contribution in [3.05, 3.63) is 57.8 Å². The molecule has 0 unspecified atom stereocenters. The van der Waals surface area contributed by atoms with E-state index in [-0.39, 0.29) is 31.1 Å². The average Bonchev–Trinajstić information content (AvgIpc) is 2.49. The first kappa shape index (κ1) is 14.1. The van der Waals surface area contributed by atoms with Gasteiger partial charge >= 0.3 is 0 Å². The number of nitrogens with zero attached hydrogens (tertiary/aromatic N) is 2. The number of pyridine rings is 1. The van der Waals surface area contributed by atoms with Gasteiger partial charge in [0.2, 0.25) is 0 Å². The van der Waals surface area contributed by atoms with E-state index >= 15 is 0 Å². The summed E-state index contributed by atoms with van der Waals surface area (Å²) in [6.07, 6.45) is 0. The highest BCUT2D eigenvalue weighted by Crippen LogP contribution is 2.29. The van der Waals surface area contributed by atoms with Crippen LogP contribution in [0.5, 0.6) is 11.5 Å². The van der Waals surface area contributed by atoms with Crippen LogP contribution >= 0.6 is 0 Å². The van der Waals surface area contributed by atoms with Crippen molar-refractivity contribution in [2.24, 2.45) is 0 Å². The molecule has 0 spiro atoms. The molecule has 1 aromatic heterocycles. The smallest absolute Gasteiger partial charge is 0.274 e. The summed E-state index contributed by atoms with van der Waals surface area (Å²) >= 11 is 0. The summed E-state index contributed by atoms with van der Waals surface area (Å²) in [6, 6.07) is 6.60. The van der Waals surface area contributed by atoms with Crippen molar-refractivity contribution >= 4 is 5.91 Å². The maximum absolute atomic E-state index is 12.9. The fourth-order valence-corrected chi connectivity index (χ4v) is 2.49. The highest BCUT2D eigenvalue weighted by Gasteiger charge is 2.30. The van der Waals surface area contributed by atoms with Crippen molar-refractivity contribution in [1.82, 2.24) is 9.47 Å². The zero-order valence-corrected chi connectivity index (χ0v) is 11.5. The van der Waals surface area contributed by atoms with Crippen LogP contribution in [0, 0.1) is 5.82 Å². The van der Waals surface area contributed by atoms with Crippen molar-refractivity contribution in [2.75, 3.05) is 6.54 Å². The second-order valence-electron chi connectivity index (χ2n) is 5.07. The third-order valence-electron chi connectivity index (χ3n) is 3.63. The lowest BCUT2D eigenvalue weighted by Crippen LogP contribution is -2.43. The van der Waals surface area contributed by atoms with Crippen LogP contribution in [0.15, 0.2) is 35.1 Å². The van der Waals surface area contributed by atoms with Gasteiger partial charge < -0.3 is 15.1 Å². The van der Waals surface area contributed by atoms with E-state index in [4.69, 9.17) is 0 Å². The third-order valence-corrected chi connectivity index (χ3v) is 3.63. The molecule has 1 amide bonds. The molecule has 0 radical (unpaired) electrons. The Bertz CT molecular complexity index is 798. The molecule has 114 valence electrons. The highest BCUT2D eigenvalue weighted by molar-refractivity contribution is 5.96. The number of aromatic hydroxyl groups is 2. The van der Waals surface area contributed by atoms with Crippen molar-refractivity contribution in [3.8, 4) is 11.5 Å². The molecular weight excluding hydrogens is 291 g/mol. The molecule has 0 aliphatic carbocycles. The zero-order chi connectivity index (χ0) is 15.9. The highest BCUT2D eigenvalue weighted by atomic mass is 19.1. The van der Waals surface area contributed by atoms with Gasteiger partial charge in [-0.2, -0.15) is 0 Å². The normalized spacial score (nSPS) is 14.0. The number of halogens is 1. The molecule has 0 saturated carbocycles. The average molecular weight is 304 g/mol. The van der Waals surface area contributed by atoms with E-state index in [1.165, 1.54) is 17.0 Å². The van der Waals surface area contributed by atoms with Crippen LogP contribution in [0.1, 0.15) is 16.1 Å². The van der Waals surface area contributed by atoms with E-state index in [1.807, 2.05) is 0 Å². The van der Waals surface area contributed by atoms with Gasteiger partial charge in [-0.3, -0.25) is 14.2 Å². The summed E-state index contributed by atoms with van der Waals surface area (Å²) in [4.78, 5) is 25.6. The van der Waals surface area contributed by atoms with Gasteiger partial charge in [0, 0.05) is 25.7 Å². The van der Waals surface area contributed by atoms with Crippen LogP contribution in [0.2, 0.25) is 0 Å². The van der Waals surface area contributed by atoms with Crippen molar-refractivity contribution < 1.29 is 19.4 Å². The molecule has 2 aromatic rings. The molecule has 1 aromatic carbocycles. The van der Waals surface area contributed by atoms with Crippen LogP contribution in [0.3, 0.4) is 0 Å². The Labute approximate surface area is 124 Å². The first-order valence-electron chi connectivity index (χ1n) is 6.67. The molecule has 0 saturated heterocycles. The van der Waals surface area contributed by atoms with E-state index in [0.717, 1.165) is 16.2 Å². The number of rotatable bonds is 2. The summed E-state index contributed by atoms with van der Waals surface area (Å²) in [5.74, 6) is -2.14. The Kier molecular flexibility index (Phi) is 3.32. The summed E-state index contributed by atoms with van der Waals surface area (Å²) in [5.41, 5.74) is -0.0383. The van der Waals surface area contributed by atoms with E-state index < -0.39 is 23.0 Å². The van der Waals surface area contributed by atoms with Crippen molar-refractivity contribution in [2.45, 2.75) is 13.1 Å². The summed E-state index contributed by atoms with van der Waals surface area (Å²) in [7, 11) is 0. The predicted octanol–water partition coefficient (Wildman–Crippen LogP) is 1.05. The van der Waals surface area contributed by atoms with E-state index in [9.17, 15) is 24.2 Å². The van der Waals surface area contributed by atoms with Crippen LogP contribution in [0.25, 0.3) is 0 Å². The standard InChI is InChI=1S/C15H13FN2O4/c16-10-3-1-9(2-4-10)8-17-5-6-18-12(20)7-11(19)14(21)13(18)15(17)22/h1-4,7,19,21H,5-6,8H2. The van der Waals surface area contributed by atoms with Gasteiger partial charge in [-0.15, -0.1) is 0 Å². The van der Waals surface area contributed by atoms with Crippen molar-refractivity contribution in [3.63, 3.8) is 0 Å². The van der Waals surface area contributed by atoms with Gasteiger partial charge in [-0.1, -0.05) is 12.1 Å². The molecule has 0 atom stereocenters. The fraction of sp³-hybridized carbons (Fsp3) is 0.200. The summed E-state index contributed by atoms with van der Waals surface area (Å²) in [5, 5.41) is 19.4. The molecular formula is C15H13FN2O4. The monoisotopic (exact) mass is 304 g/mol. The van der Waals surface area contributed by atoms with Crippen LogP contribution in [-0.4, -0.2) is 32.1 Å². The second kappa shape index (κ2) is 5.18. The maximum atomic E-state index is 12.9. The molecule has 0 bridgehead atoms. The summed E-state index contributed by atoms with van der Waals surface area (Å²) in [6.45, 7) is 0.727. The lowest BCUT2D eigenvalue weighted by Gasteiger charge is -2.30. The number of carbonyl (C=O) groups is 1. The molecule has 1 aliphatic heterocycles. The third kappa shape index (κ3) is 2.30. The van der Waals surface area contributed by atoms with Gasteiger partial charge in [0.1, 0.15) is 5.82 Å². The minimum absolute atomic E-state index is 0.217. The fourth-order valence-electron chi connectivity index (χ4n) is 2.49. The minimum Gasteiger partial charge on any atom is -0.504 e. The van der Waals surface area contributed by atoms with Gasteiger partial charge in [0.25, 0.3) is 11.5 Å². The number of hydrogen-bond donors (Lipinski definition) is 2. The van der Waals surface area contributed by atoms with Crippen LogP contribution in [-0.2, 0) is 13.1 Å². The number of amides is 1. The largest absolute Gasteiger partial charge is 0.504 e. The zero-order valence-electron chi connectivity index (χ0n) is 11.5.